The molecule has 2 aromatic rings. The zero-order valence-corrected chi connectivity index (χ0v) is 12.2. The van der Waals surface area contributed by atoms with Crippen molar-refractivity contribution in [2.75, 3.05) is 0 Å². The highest BCUT2D eigenvalue weighted by atomic mass is 32.2. The van der Waals surface area contributed by atoms with Gasteiger partial charge in [0.1, 0.15) is 0 Å². The summed E-state index contributed by atoms with van der Waals surface area (Å²) in [6.45, 7) is 0.0593. The van der Waals surface area contributed by atoms with Crippen LogP contribution in [0.1, 0.15) is 16.7 Å². The Kier molecular flexibility index (Phi) is 4.82. The van der Waals surface area contributed by atoms with Crippen LogP contribution in [0.15, 0.2) is 48.8 Å². The first-order valence-corrected chi connectivity index (χ1v) is 7.94. The van der Waals surface area contributed by atoms with Gasteiger partial charge in [-0.2, -0.15) is 13.2 Å². The zero-order valence-electron chi connectivity index (χ0n) is 11.3. The number of alkyl halides is 3. The van der Waals surface area contributed by atoms with Gasteiger partial charge in [-0.3, -0.25) is 4.98 Å². The van der Waals surface area contributed by atoms with Gasteiger partial charge >= 0.3 is 6.18 Å². The van der Waals surface area contributed by atoms with Crippen LogP contribution in [-0.2, 0) is 28.5 Å². The summed E-state index contributed by atoms with van der Waals surface area (Å²) in [6, 6.07) is 7.57. The molecule has 8 heteroatoms. The lowest BCUT2D eigenvalue weighted by Gasteiger charge is -2.10. The van der Waals surface area contributed by atoms with Crippen molar-refractivity contribution in [3.8, 4) is 0 Å². The van der Waals surface area contributed by atoms with Gasteiger partial charge in [-0.15, -0.1) is 0 Å². The Morgan fingerprint density at radius 2 is 1.73 bits per heavy atom. The first-order chi connectivity index (χ1) is 10.3. The third kappa shape index (κ3) is 4.81. The minimum atomic E-state index is -4.50. The van der Waals surface area contributed by atoms with E-state index < -0.39 is 27.5 Å². The minimum Gasteiger partial charge on any atom is -0.265 e. The first-order valence-electron chi connectivity index (χ1n) is 6.29. The number of sulfonamides is 1. The van der Waals surface area contributed by atoms with Gasteiger partial charge in [0, 0.05) is 18.9 Å². The molecule has 0 fully saturated rings. The third-order valence-corrected chi connectivity index (χ3v) is 4.15. The number of pyridine rings is 1. The number of halogens is 3. The van der Waals surface area contributed by atoms with Crippen LogP contribution in [0.25, 0.3) is 0 Å². The highest BCUT2D eigenvalue weighted by Gasteiger charge is 2.30. The lowest BCUT2D eigenvalue weighted by Crippen LogP contribution is -2.24. The molecular weight excluding hydrogens is 317 g/mol. The number of rotatable bonds is 5. The Balaban J connectivity index is 2.06. The van der Waals surface area contributed by atoms with E-state index in [0.717, 1.165) is 12.1 Å². The molecule has 0 aliphatic heterocycles. The molecule has 1 aromatic carbocycles. The van der Waals surface area contributed by atoms with Gasteiger partial charge < -0.3 is 0 Å². The number of hydrogen-bond donors (Lipinski definition) is 1. The van der Waals surface area contributed by atoms with E-state index in [0.29, 0.717) is 5.56 Å². The standard InChI is InChI=1S/C14H13F3N2O2S/c15-14(16,17)13-3-1-2-12(8-13)10-22(20,21)19-9-11-4-6-18-7-5-11/h1-8,19H,9-10H2. The van der Waals surface area contributed by atoms with Crippen LogP contribution < -0.4 is 4.72 Å². The maximum Gasteiger partial charge on any atom is 0.416 e. The fourth-order valence-electron chi connectivity index (χ4n) is 1.80. The van der Waals surface area contributed by atoms with E-state index in [1.54, 1.807) is 12.1 Å². The zero-order chi connectivity index (χ0) is 16.2. The number of nitrogens with zero attached hydrogens (tertiary/aromatic N) is 1. The van der Waals surface area contributed by atoms with E-state index in [1.807, 2.05) is 0 Å². The van der Waals surface area contributed by atoms with E-state index >= 15 is 0 Å². The molecule has 0 aliphatic carbocycles. The second-order valence-corrected chi connectivity index (χ2v) is 6.44. The number of nitrogens with one attached hydrogen (secondary N) is 1. The molecule has 0 spiro atoms. The van der Waals surface area contributed by atoms with Crippen molar-refractivity contribution in [2.24, 2.45) is 0 Å². The molecule has 1 aromatic heterocycles. The van der Waals surface area contributed by atoms with Crippen LogP contribution >= 0.6 is 0 Å². The van der Waals surface area contributed by atoms with Crippen molar-refractivity contribution < 1.29 is 21.6 Å². The van der Waals surface area contributed by atoms with Crippen molar-refractivity contribution in [2.45, 2.75) is 18.5 Å². The Morgan fingerprint density at radius 3 is 2.36 bits per heavy atom. The monoisotopic (exact) mass is 330 g/mol. The summed E-state index contributed by atoms with van der Waals surface area (Å²) in [4.78, 5) is 3.81. The molecule has 1 N–H and O–H groups in total. The first kappa shape index (κ1) is 16.4. The maximum atomic E-state index is 12.6. The van der Waals surface area contributed by atoms with Gasteiger partial charge in [0.15, 0.2) is 0 Å². The second-order valence-electron chi connectivity index (χ2n) is 4.63. The second kappa shape index (κ2) is 6.45. The van der Waals surface area contributed by atoms with E-state index in [9.17, 15) is 21.6 Å². The summed E-state index contributed by atoms with van der Waals surface area (Å²) in [7, 11) is -3.73. The van der Waals surface area contributed by atoms with Crippen molar-refractivity contribution in [3.05, 3.63) is 65.5 Å². The molecule has 0 saturated heterocycles. The van der Waals surface area contributed by atoms with Crippen molar-refractivity contribution in [3.63, 3.8) is 0 Å². The van der Waals surface area contributed by atoms with E-state index in [1.165, 1.54) is 24.5 Å². The fraction of sp³-hybridized carbons (Fsp3) is 0.214. The van der Waals surface area contributed by atoms with Crippen LogP contribution in [0.4, 0.5) is 13.2 Å². The van der Waals surface area contributed by atoms with E-state index in [-0.39, 0.29) is 12.1 Å². The Hall–Kier alpha value is -1.93. The van der Waals surface area contributed by atoms with Crippen LogP contribution in [0, 0.1) is 0 Å². The molecule has 0 bridgehead atoms. The molecule has 118 valence electrons. The highest BCUT2D eigenvalue weighted by Crippen LogP contribution is 2.29. The lowest BCUT2D eigenvalue weighted by molar-refractivity contribution is -0.137. The smallest absolute Gasteiger partial charge is 0.265 e. The average Bonchev–Trinajstić information content (AvgIpc) is 2.45. The summed E-state index contributed by atoms with van der Waals surface area (Å²) in [5.41, 5.74) is -0.0750. The summed E-state index contributed by atoms with van der Waals surface area (Å²) >= 11 is 0. The molecule has 0 aliphatic rings. The molecule has 0 atom stereocenters. The van der Waals surface area contributed by atoms with Crippen LogP contribution in [0.3, 0.4) is 0 Å². The van der Waals surface area contributed by atoms with Crippen molar-refractivity contribution >= 4 is 10.0 Å². The molecular formula is C14H13F3N2O2S. The highest BCUT2D eigenvalue weighted by molar-refractivity contribution is 7.88. The van der Waals surface area contributed by atoms with Gasteiger partial charge in [0.05, 0.1) is 11.3 Å². The predicted molar refractivity (Wildman–Crippen MR) is 75.1 cm³/mol. The van der Waals surface area contributed by atoms with Crippen LogP contribution in [0.5, 0.6) is 0 Å². The normalized spacial score (nSPS) is 12.3. The maximum absolute atomic E-state index is 12.6. The molecule has 0 saturated carbocycles. The quantitative estimate of drug-likeness (QED) is 0.917. The number of hydrogen-bond acceptors (Lipinski definition) is 3. The largest absolute Gasteiger partial charge is 0.416 e. The molecule has 0 amide bonds. The third-order valence-electron chi connectivity index (χ3n) is 2.86. The summed E-state index contributed by atoms with van der Waals surface area (Å²) < 4.78 is 64.0. The Bertz CT molecular complexity index is 731. The Labute approximate surface area is 126 Å². The van der Waals surface area contributed by atoms with Crippen molar-refractivity contribution in [1.82, 2.24) is 9.71 Å². The average molecular weight is 330 g/mol. The fourth-order valence-corrected chi connectivity index (χ4v) is 2.91. The molecule has 0 unspecified atom stereocenters. The number of benzene rings is 1. The Morgan fingerprint density at radius 1 is 1.05 bits per heavy atom. The topological polar surface area (TPSA) is 59.1 Å². The summed E-state index contributed by atoms with van der Waals surface area (Å²) in [5.74, 6) is -0.512. The molecule has 0 radical (unpaired) electrons. The molecule has 22 heavy (non-hydrogen) atoms. The lowest BCUT2D eigenvalue weighted by atomic mass is 10.1. The van der Waals surface area contributed by atoms with E-state index in [2.05, 4.69) is 9.71 Å². The van der Waals surface area contributed by atoms with Crippen LogP contribution in [0.2, 0.25) is 0 Å². The van der Waals surface area contributed by atoms with Gasteiger partial charge in [-0.05, 0) is 29.3 Å². The summed E-state index contributed by atoms with van der Waals surface area (Å²) in [6.07, 6.45) is -1.45. The molecule has 4 nitrogen and oxygen atoms in total. The van der Waals surface area contributed by atoms with Gasteiger partial charge in [0.25, 0.3) is 0 Å². The van der Waals surface area contributed by atoms with Gasteiger partial charge in [-0.1, -0.05) is 18.2 Å². The SMILES string of the molecule is O=S(=O)(Cc1cccc(C(F)(F)F)c1)NCc1ccncc1. The van der Waals surface area contributed by atoms with Gasteiger partial charge in [-0.25, -0.2) is 13.1 Å². The van der Waals surface area contributed by atoms with Crippen LogP contribution in [-0.4, -0.2) is 13.4 Å². The number of aromatic nitrogens is 1. The minimum absolute atomic E-state index is 0.0593. The molecule has 1 heterocycles. The molecule has 2 rings (SSSR count). The van der Waals surface area contributed by atoms with E-state index in [4.69, 9.17) is 0 Å². The summed E-state index contributed by atoms with van der Waals surface area (Å²) in [5, 5.41) is 0. The van der Waals surface area contributed by atoms with Crippen molar-refractivity contribution in [1.29, 1.82) is 0 Å². The van der Waals surface area contributed by atoms with Gasteiger partial charge in [0.2, 0.25) is 10.0 Å². The predicted octanol–water partition coefficient (Wildman–Crippen LogP) is 2.72.